The molecule has 0 bridgehead atoms. The molecule has 4 rings (SSSR count). The molecule has 1 unspecified atom stereocenters. The van der Waals surface area contributed by atoms with Crippen molar-refractivity contribution in [3.05, 3.63) is 23.8 Å². The van der Waals surface area contributed by atoms with Crippen LogP contribution in [-0.4, -0.2) is 53.1 Å². The molecule has 0 spiro atoms. The summed E-state index contributed by atoms with van der Waals surface area (Å²) in [5.74, 6) is 0.516. The number of urea groups is 1. The van der Waals surface area contributed by atoms with Gasteiger partial charge in [-0.3, -0.25) is 14.5 Å². The maximum Gasteiger partial charge on any atom is 0.325 e. The molecular formula is C22H29N3O5. The average molecular weight is 415 g/mol. The van der Waals surface area contributed by atoms with Crippen LogP contribution in [0.15, 0.2) is 18.2 Å². The molecule has 1 aromatic rings. The van der Waals surface area contributed by atoms with Crippen LogP contribution in [0.2, 0.25) is 0 Å². The fraction of sp³-hybridized carbons (Fsp3) is 0.591. The predicted molar refractivity (Wildman–Crippen MR) is 109 cm³/mol. The Morgan fingerprint density at radius 1 is 1.20 bits per heavy atom. The Bertz CT molecular complexity index is 864. The van der Waals surface area contributed by atoms with Gasteiger partial charge in [0.1, 0.15) is 12.1 Å². The van der Waals surface area contributed by atoms with Gasteiger partial charge in [0, 0.05) is 12.1 Å². The lowest BCUT2D eigenvalue weighted by molar-refractivity contribution is -0.142. The molecule has 3 aliphatic rings. The Labute approximate surface area is 176 Å². The van der Waals surface area contributed by atoms with Gasteiger partial charge < -0.3 is 19.7 Å². The molecular weight excluding hydrogens is 386 g/mol. The summed E-state index contributed by atoms with van der Waals surface area (Å²) < 4.78 is 10.7. The highest BCUT2D eigenvalue weighted by Gasteiger charge is 2.50. The molecule has 2 aliphatic heterocycles. The van der Waals surface area contributed by atoms with E-state index in [1.165, 1.54) is 6.42 Å². The summed E-state index contributed by atoms with van der Waals surface area (Å²) in [6.45, 7) is 5.49. The van der Waals surface area contributed by atoms with Gasteiger partial charge in [-0.15, -0.1) is 0 Å². The lowest BCUT2D eigenvalue weighted by Gasteiger charge is -2.38. The van der Waals surface area contributed by atoms with Crippen LogP contribution in [0.1, 0.15) is 58.4 Å². The van der Waals surface area contributed by atoms with Crippen LogP contribution in [-0.2, 0) is 15.1 Å². The van der Waals surface area contributed by atoms with Crippen LogP contribution >= 0.6 is 0 Å². The van der Waals surface area contributed by atoms with E-state index in [4.69, 9.17) is 9.47 Å². The zero-order valence-corrected chi connectivity index (χ0v) is 17.8. The maximum absolute atomic E-state index is 13.2. The third-order valence-corrected chi connectivity index (χ3v) is 6.33. The molecule has 8 nitrogen and oxygen atoms in total. The molecule has 2 heterocycles. The van der Waals surface area contributed by atoms with Gasteiger partial charge in [-0.25, -0.2) is 4.79 Å². The van der Waals surface area contributed by atoms with E-state index >= 15 is 0 Å². The number of rotatable bonds is 5. The van der Waals surface area contributed by atoms with Crippen molar-refractivity contribution in [3.63, 3.8) is 0 Å². The molecule has 1 N–H and O–H groups in total. The highest BCUT2D eigenvalue weighted by Crippen LogP contribution is 2.38. The maximum atomic E-state index is 13.2. The van der Waals surface area contributed by atoms with Crippen molar-refractivity contribution in [1.29, 1.82) is 0 Å². The van der Waals surface area contributed by atoms with Crippen LogP contribution in [0.4, 0.5) is 4.79 Å². The summed E-state index contributed by atoms with van der Waals surface area (Å²) in [5, 5.41) is 2.76. The van der Waals surface area contributed by atoms with Crippen LogP contribution in [0.3, 0.4) is 0 Å². The van der Waals surface area contributed by atoms with E-state index in [1.54, 1.807) is 25.1 Å². The van der Waals surface area contributed by atoms with Crippen molar-refractivity contribution in [2.45, 2.75) is 70.5 Å². The number of benzene rings is 1. The molecule has 1 aromatic carbocycles. The van der Waals surface area contributed by atoms with Gasteiger partial charge in [-0.1, -0.05) is 25.3 Å². The van der Waals surface area contributed by atoms with Crippen molar-refractivity contribution >= 4 is 17.8 Å². The number of carbonyl (C=O) groups excluding carboxylic acids is 3. The van der Waals surface area contributed by atoms with Crippen LogP contribution in [0.5, 0.6) is 11.5 Å². The first kappa shape index (κ1) is 20.5. The molecule has 1 aliphatic carbocycles. The van der Waals surface area contributed by atoms with Gasteiger partial charge in [0.25, 0.3) is 5.91 Å². The minimum atomic E-state index is -1.26. The van der Waals surface area contributed by atoms with E-state index in [1.807, 2.05) is 18.7 Å². The third-order valence-electron chi connectivity index (χ3n) is 6.33. The molecule has 4 amide bonds. The van der Waals surface area contributed by atoms with Crippen molar-refractivity contribution in [1.82, 2.24) is 15.1 Å². The number of hydrogen-bond acceptors (Lipinski definition) is 5. The zero-order chi connectivity index (χ0) is 21.5. The summed E-state index contributed by atoms with van der Waals surface area (Å²) in [5.41, 5.74) is -0.667. The van der Waals surface area contributed by atoms with Gasteiger partial charge in [0.2, 0.25) is 12.7 Å². The fourth-order valence-electron chi connectivity index (χ4n) is 4.73. The molecule has 1 atom stereocenters. The van der Waals surface area contributed by atoms with E-state index in [0.717, 1.165) is 30.6 Å². The monoisotopic (exact) mass is 415 g/mol. The van der Waals surface area contributed by atoms with Crippen LogP contribution in [0.25, 0.3) is 0 Å². The van der Waals surface area contributed by atoms with Crippen molar-refractivity contribution in [3.8, 4) is 11.5 Å². The zero-order valence-electron chi connectivity index (χ0n) is 17.8. The minimum Gasteiger partial charge on any atom is -0.454 e. The second-order valence-electron chi connectivity index (χ2n) is 8.70. The Balaban J connectivity index is 1.53. The SMILES string of the molecule is CC(C)N(C(=O)CN1C(=O)NC(C)(c2ccc3c(c2)OCO3)C1=O)C1CCCCC1. The van der Waals surface area contributed by atoms with Gasteiger partial charge in [-0.2, -0.15) is 0 Å². The Hall–Kier alpha value is -2.77. The Morgan fingerprint density at radius 3 is 2.60 bits per heavy atom. The van der Waals surface area contributed by atoms with Crippen LogP contribution in [0, 0.1) is 0 Å². The number of nitrogens with one attached hydrogen (secondary N) is 1. The quantitative estimate of drug-likeness (QED) is 0.747. The lowest BCUT2D eigenvalue weighted by atomic mass is 9.91. The van der Waals surface area contributed by atoms with Gasteiger partial charge in [-0.05, 0) is 51.3 Å². The molecule has 1 saturated heterocycles. The summed E-state index contributed by atoms with van der Waals surface area (Å²) in [4.78, 5) is 42.0. The van der Waals surface area contributed by atoms with E-state index in [9.17, 15) is 14.4 Å². The number of ether oxygens (including phenoxy) is 2. The summed E-state index contributed by atoms with van der Waals surface area (Å²) in [6.07, 6.45) is 5.34. The number of amides is 4. The summed E-state index contributed by atoms with van der Waals surface area (Å²) in [7, 11) is 0. The van der Waals surface area contributed by atoms with E-state index in [-0.39, 0.29) is 31.3 Å². The molecule has 30 heavy (non-hydrogen) atoms. The fourth-order valence-corrected chi connectivity index (χ4v) is 4.73. The molecule has 2 fully saturated rings. The van der Waals surface area contributed by atoms with Gasteiger partial charge in [0.15, 0.2) is 11.5 Å². The first-order chi connectivity index (χ1) is 14.3. The number of hydrogen-bond donors (Lipinski definition) is 1. The third kappa shape index (κ3) is 3.48. The van der Waals surface area contributed by atoms with Crippen molar-refractivity contribution in [2.75, 3.05) is 13.3 Å². The smallest absolute Gasteiger partial charge is 0.325 e. The highest BCUT2D eigenvalue weighted by molar-refractivity contribution is 6.09. The second kappa shape index (κ2) is 7.81. The number of nitrogens with zero attached hydrogens (tertiary/aromatic N) is 2. The van der Waals surface area contributed by atoms with Gasteiger partial charge >= 0.3 is 6.03 Å². The predicted octanol–water partition coefficient (Wildman–Crippen LogP) is 2.75. The highest BCUT2D eigenvalue weighted by atomic mass is 16.7. The van der Waals surface area contributed by atoms with Gasteiger partial charge in [0.05, 0.1) is 0 Å². The Kier molecular flexibility index (Phi) is 5.34. The van der Waals surface area contributed by atoms with E-state index < -0.39 is 17.5 Å². The minimum absolute atomic E-state index is 0.0154. The first-order valence-electron chi connectivity index (χ1n) is 10.7. The number of carbonyl (C=O) groups is 3. The molecule has 1 saturated carbocycles. The van der Waals surface area contributed by atoms with Crippen LogP contribution < -0.4 is 14.8 Å². The number of fused-ring (bicyclic) bond motifs is 1. The largest absolute Gasteiger partial charge is 0.454 e. The van der Waals surface area contributed by atoms with Crippen molar-refractivity contribution < 1.29 is 23.9 Å². The molecule has 0 radical (unpaired) electrons. The normalized spacial score (nSPS) is 23.8. The lowest BCUT2D eigenvalue weighted by Crippen LogP contribution is -2.51. The summed E-state index contributed by atoms with van der Waals surface area (Å²) >= 11 is 0. The average Bonchev–Trinajstić information content (AvgIpc) is 3.27. The number of imide groups is 1. The standard InChI is InChI=1S/C22H29N3O5/c1-14(2)25(16-7-5-4-6-8-16)19(26)12-24-20(27)22(3,23-21(24)28)15-9-10-17-18(11-15)30-13-29-17/h9-11,14,16H,4-8,12-13H2,1-3H3,(H,23,28). The molecule has 8 heteroatoms. The first-order valence-corrected chi connectivity index (χ1v) is 10.7. The molecule has 162 valence electrons. The van der Waals surface area contributed by atoms with Crippen molar-refractivity contribution in [2.24, 2.45) is 0 Å². The van der Waals surface area contributed by atoms with E-state index in [0.29, 0.717) is 17.1 Å². The Morgan fingerprint density at radius 2 is 1.90 bits per heavy atom. The molecule has 0 aromatic heterocycles. The second-order valence-corrected chi connectivity index (χ2v) is 8.70. The van der Waals surface area contributed by atoms with E-state index in [2.05, 4.69) is 5.32 Å². The topological polar surface area (TPSA) is 88.2 Å². The summed E-state index contributed by atoms with van der Waals surface area (Å²) in [6, 6.07) is 4.79.